The summed E-state index contributed by atoms with van der Waals surface area (Å²) >= 11 is 1.58. The molecule has 3 rings (SSSR count). The number of nitrogens with one attached hydrogen (secondary N) is 2. The Balaban J connectivity index is 1.77. The van der Waals surface area contributed by atoms with E-state index in [-0.39, 0.29) is 18.0 Å². The molecular weight excluding hydrogens is 352 g/mol. The third-order valence-corrected chi connectivity index (χ3v) is 5.68. The van der Waals surface area contributed by atoms with Gasteiger partial charge in [-0.1, -0.05) is 20.8 Å². The molecule has 2 N–H and O–H groups in total. The summed E-state index contributed by atoms with van der Waals surface area (Å²) in [6.07, 6.45) is 4.30. The lowest BCUT2D eigenvalue weighted by atomic mass is 9.89. The fourth-order valence-electron chi connectivity index (χ4n) is 3.14. The van der Waals surface area contributed by atoms with Crippen LogP contribution in [0.25, 0.3) is 10.2 Å². The van der Waals surface area contributed by atoms with E-state index in [0.29, 0.717) is 17.8 Å². The number of hydrogen-bond acceptors (Lipinski definition) is 5. The molecule has 0 aliphatic heterocycles. The van der Waals surface area contributed by atoms with Crippen LogP contribution >= 0.6 is 11.3 Å². The molecule has 1 aliphatic carbocycles. The topological polar surface area (TPSA) is 93.1 Å². The van der Waals surface area contributed by atoms with Gasteiger partial charge in [-0.2, -0.15) is 0 Å². The summed E-state index contributed by atoms with van der Waals surface area (Å²) in [5.41, 5.74) is 0.879. The van der Waals surface area contributed by atoms with Crippen LogP contribution in [0.4, 0.5) is 4.79 Å². The van der Waals surface area contributed by atoms with E-state index in [1.54, 1.807) is 11.3 Å². The molecule has 0 bridgehead atoms. The van der Waals surface area contributed by atoms with E-state index in [2.05, 4.69) is 22.5 Å². The number of rotatable bonds is 4. The zero-order valence-corrected chi connectivity index (χ0v) is 16.1. The molecule has 0 saturated carbocycles. The van der Waals surface area contributed by atoms with Crippen molar-refractivity contribution in [1.29, 1.82) is 0 Å². The summed E-state index contributed by atoms with van der Waals surface area (Å²) in [4.78, 5) is 42.9. The summed E-state index contributed by atoms with van der Waals surface area (Å²) in [7, 11) is 0. The molecule has 1 aliphatic rings. The van der Waals surface area contributed by atoms with Crippen molar-refractivity contribution in [2.75, 3.05) is 6.54 Å². The minimum atomic E-state index is -0.548. The van der Waals surface area contributed by atoms with Crippen molar-refractivity contribution in [3.8, 4) is 0 Å². The van der Waals surface area contributed by atoms with Crippen LogP contribution in [0, 0.1) is 11.8 Å². The molecule has 26 heavy (non-hydrogen) atoms. The van der Waals surface area contributed by atoms with Crippen molar-refractivity contribution < 1.29 is 9.59 Å². The fourth-order valence-corrected chi connectivity index (χ4v) is 4.48. The number of fused-ring (bicyclic) bond motifs is 3. The van der Waals surface area contributed by atoms with Gasteiger partial charge < -0.3 is 5.32 Å². The number of thiophene rings is 1. The minimum absolute atomic E-state index is 0.209. The Kier molecular flexibility index (Phi) is 5.41. The van der Waals surface area contributed by atoms with Crippen LogP contribution in [-0.2, 0) is 24.2 Å². The van der Waals surface area contributed by atoms with Gasteiger partial charge in [0, 0.05) is 11.4 Å². The molecule has 0 aromatic carbocycles. The smallest absolute Gasteiger partial charge is 0.321 e. The van der Waals surface area contributed by atoms with E-state index in [0.717, 1.165) is 29.7 Å². The average Bonchev–Trinajstić information content (AvgIpc) is 2.93. The van der Waals surface area contributed by atoms with Crippen LogP contribution in [0.3, 0.4) is 0 Å². The molecule has 8 heteroatoms. The van der Waals surface area contributed by atoms with Crippen molar-refractivity contribution in [3.05, 3.63) is 27.1 Å². The van der Waals surface area contributed by atoms with Crippen LogP contribution in [-0.4, -0.2) is 28.0 Å². The summed E-state index contributed by atoms with van der Waals surface area (Å²) < 4.78 is 1.28. The molecule has 2 aromatic heterocycles. The first kappa shape index (κ1) is 18.6. The van der Waals surface area contributed by atoms with Gasteiger partial charge in [-0.25, -0.2) is 9.78 Å². The Hall–Kier alpha value is -2.22. The van der Waals surface area contributed by atoms with Gasteiger partial charge in [0.2, 0.25) is 5.91 Å². The number of urea groups is 1. The van der Waals surface area contributed by atoms with Gasteiger partial charge in [0.15, 0.2) is 0 Å². The molecule has 0 spiro atoms. The molecule has 140 valence electrons. The van der Waals surface area contributed by atoms with Crippen LogP contribution in [0.15, 0.2) is 11.1 Å². The minimum Gasteiger partial charge on any atom is -0.338 e. The SMILES string of the molecule is CC(C)CNC(=O)NC(=O)Cn1cnc2sc3c(c2c1=O)CCC(C)C3. The van der Waals surface area contributed by atoms with E-state index in [4.69, 9.17) is 0 Å². The third-order valence-electron chi connectivity index (χ3n) is 4.52. The lowest BCUT2D eigenvalue weighted by molar-refractivity contribution is -0.120. The van der Waals surface area contributed by atoms with Gasteiger partial charge in [0.25, 0.3) is 5.56 Å². The highest BCUT2D eigenvalue weighted by atomic mass is 32.1. The Morgan fingerprint density at radius 1 is 1.42 bits per heavy atom. The van der Waals surface area contributed by atoms with E-state index in [1.807, 2.05) is 13.8 Å². The Labute approximate surface area is 155 Å². The first-order chi connectivity index (χ1) is 12.3. The van der Waals surface area contributed by atoms with E-state index < -0.39 is 11.9 Å². The molecule has 0 saturated heterocycles. The van der Waals surface area contributed by atoms with Gasteiger partial charge in [0.05, 0.1) is 11.7 Å². The molecule has 2 aromatic rings. The first-order valence-corrected chi connectivity index (χ1v) is 9.74. The number of aromatic nitrogens is 2. The second kappa shape index (κ2) is 7.57. The van der Waals surface area contributed by atoms with Crippen molar-refractivity contribution in [2.45, 2.75) is 46.6 Å². The standard InChI is InChI=1S/C18H24N4O3S/c1-10(2)7-19-18(25)21-14(23)8-22-9-20-16-15(17(22)24)12-5-4-11(3)6-13(12)26-16/h9-11H,4-8H2,1-3H3,(H2,19,21,23,25). The largest absolute Gasteiger partial charge is 0.338 e. The molecule has 1 unspecified atom stereocenters. The van der Waals surface area contributed by atoms with Crippen LogP contribution in [0.2, 0.25) is 0 Å². The molecule has 0 fully saturated rings. The molecule has 1 atom stereocenters. The second-order valence-electron chi connectivity index (χ2n) is 7.36. The maximum absolute atomic E-state index is 12.8. The zero-order valence-electron chi connectivity index (χ0n) is 15.3. The van der Waals surface area contributed by atoms with Gasteiger partial charge >= 0.3 is 6.03 Å². The van der Waals surface area contributed by atoms with Crippen LogP contribution in [0.5, 0.6) is 0 Å². The number of aryl methyl sites for hydroxylation is 1. The van der Waals surface area contributed by atoms with Gasteiger partial charge in [0.1, 0.15) is 11.4 Å². The Morgan fingerprint density at radius 3 is 2.92 bits per heavy atom. The third kappa shape index (κ3) is 3.95. The lowest BCUT2D eigenvalue weighted by Gasteiger charge is -2.17. The predicted octanol–water partition coefficient (Wildman–Crippen LogP) is 2.06. The summed E-state index contributed by atoms with van der Waals surface area (Å²) in [6.45, 7) is 6.40. The van der Waals surface area contributed by atoms with Crippen molar-refractivity contribution in [1.82, 2.24) is 20.2 Å². The second-order valence-corrected chi connectivity index (χ2v) is 8.45. The summed E-state index contributed by atoms with van der Waals surface area (Å²) in [5.74, 6) is 0.373. The normalized spacial score (nSPS) is 16.5. The zero-order chi connectivity index (χ0) is 18.8. The maximum Gasteiger partial charge on any atom is 0.321 e. The average molecular weight is 376 g/mol. The fraction of sp³-hybridized carbons (Fsp3) is 0.556. The number of amides is 3. The van der Waals surface area contributed by atoms with Gasteiger partial charge in [-0.15, -0.1) is 11.3 Å². The van der Waals surface area contributed by atoms with Crippen LogP contribution < -0.4 is 16.2 Å². The van der Waals surface area contributed by atoms with Crippen molar-refractivity contribution >= 4 is 33.5 Å². The number of hydrogen-bond donors (Lipinski definition) is 2. The number of carbonyl (C=O) groups is 2. The van der Waals surface area contributed by atoms with E-state index >= 15 is 0 Å². The molecule has 2 heterocycles. The highest BCUT2D eigenvalue weighted by Gasteiger charge is 2.23. The first-order valence-electron chi connectivity index (χ1n) is 8.92. The highest BCUT2D eigenvalue weighted by molar-refractivity contribution is 7.18. The lowest BCUT2D eigenvalue weighted by Crippen LogP contribution is -2.43. The van der Waals surface area contributed by atoms with Gasteiger partial charge in [-0.3, -0.25) is 19.5 Å². The number of carbonyl (C=O) groups excluding carboxylic acids is 2. The Bertz CT molecular complexity index is 900. The van der Waals surface area contributed by atoms with Crippen LogP contribution in [0.1, 0.15) is 37.6 Å². The predicted molar refractivity (Wildman–Crippen MR) is 101 cm³/mol. The maximum atomic E-state index is 12.8. The highest BCUT2D eigenvalue weighted by Crippen LogP contribution is 2.35. The molecule has 3 amide bonds. The quantitative estimate of drug-likeness (QED) is 0.854. The van der Waals surface area contributed by atoms with Crippen molar-refractivity contribution in [3.63, 3.8) is 0 Å². The summed E-state index contributed by atoms with van der Waals surface area (Å²) in [5, 5.41) is 5.49. The number of imide groups is 1. The van der Waals surface area contributed by atoms with E-state index in [1.165, 1.54) is 15.8 Å². The summed E-state index contributed by atoms with van der Waals surface area (Å²) in [6, 6.07) is -0.548. The van der Waals surface area contributed by atoms with E-state index in [9.17, 15) is 14.4 Å². The molecular formula is C18H24N4O3S. The molecule has 7 nitrogen and oxygen atoms in total. The monoisotopic (exact) mass is 376 g/mol. The number of nitrogens with zero attached hydrogens (tertiary/aromatic N) is 2. The Morgan fingerprint density at radius 2 is 2.19 bits per heavy atom. The van der Waals surface area contributed by atoms with Gasteiger partial charge in [-0.05, 0) is 36.7 Å². The van der Waals surface area contributed by atoms with Crippen molar-refractivity contribution in [2.24, 2.45) is 11.8 Å². The molecule has 0 radical (unpaired) electrons.